The first-order chi connectivity index (χ1) is 22.3. The number of imidazole rings is 1. The Morgan fingerprint density at radius 1 is 0.652 bits per heavy atom. The van der Waals surface area contributed by atoms with Gasteiger partial charge in [-0.05, 0) is 81.3 Å². The number of nitrogens with zero attached hydrogens (tertiary/aromatic N) is 3. The van der Waals surface area contributed by atoms with Crippen LogP contribution in [0.3, 0.4) is 0 Å². The molecule has 253 valence electrons. The molecular weight excluding hydrogens is 570 g/mol. The summed E-state index contributed by atoms with van der Waals surface area (Å²) in [6, 6.07) is 16.4. The first kappa shape index (κ1) is 36.0. The number of aryl methyl sites for hydroxylation is 2. The minimum Gasteiger partial charge on any atom is -0.494 e. The Hall–Kier alpha value is -2.83. The van der Waals surface area contributed by atoms with E-state index in [1.54, 1.807) is 0 Å². The molecule has 1 fully saturated rings. The Morgan fingerprint density at radius 2 is 1.09 bits per heavy atom. The van der Waals surface area contributed by atoms with Gasteiger partial charge in [0.1, 0.15) is 23.9 Å². The highest BCUT2D eigenvalue weighted by Crippen LogP contribution is 2.51. The van der Waals surface area contributed by atoms with Crippen molar-refractivity contribution in [2.75, 3.05) is 13.2 Å². The smallest absolute Gasteiger partial charge is 0.243 e. The van der Waals surface area contributed by atoms with E-state index in [4.69, 9.17) is 9.47 Å². The maximum atomic E-state index is 13.9. The van der Waals surface area contributed by atoms with Crippen molar-refractivity contribution in [3.63, 3.8) is 0 Å². The molecule has 0 aliphatic carbocycles. The van der Waals surface area contributed by atoms with Crippen molar-refractivity contribution in [3.05, 3.63) is 78.4 Å². The van der Waals surface area contributed by atoms with Gasteiger partial charge in [0.15, 0.2) is 0 Å². The quantitative estimate of drug-likeness (QED) is 0.0819. The Kier molecular flexibility index (Phi) is 14.5. The van der Waals surface area contributed by atoms with Crippen LogP contribution < -0.4 is 14.0 Å². The summed E-state index contributed by atoms with van der Waals surface area (Å²) < 4.78 is 16.3. The SMILES string of the molecule is CCCCCCCCCCCCCCOc1ccc([C@]2(C)CC[C@@](C)(c3ccc(OCCCCn4cc[n+](C)c4)cc3)N2[O])cc1. The van der Waals surface area contributed by atoms with E-state index in [1.165, 1.54) is 75.7 Å². The van der Waals surface area contributed by atoms with Gasteiger partial charge in [0.25, 0.3) is 0 Å². The molecule has 2 atom stereocenters. The van der Waals surface area contributed by atoms with E-state index in [-0.39, 0.29) is 0 Å². The van der Waals surface area contributed by atoms with Crippen LogP contribution in [0.25, 0.3) is 0 Å². The third kappa shape index (κ3) is 10.3. The molecule has 0 bridgehead atoms. The number of aromatic nitrogens is 2. The van der Waals surface area contributed by atoms with Gasteiger partial charge in [-0.25, -0.2) is 9.13 Å². The second-order valence-corrected chi connectivity index (χ2v) is 14.0. The largest absolute Gasteiger partial charge is 0.494 e. The van der Waals surface area contributed by atoms with Gasteiger partial charge in [-0.1, -0.05) is 102 Å². The van der Waals surface area contributed by atoms with E-state index in [1.807, 2.05) is 31.3 Å². The van der Waals surface area contributed by atoms with E-state index in [0.717, 1.165) is 67.9 Å². The summed E-state index contributed by atoms with van der Waals surface area (Å²) in [6.07, 6.45) is 26.1. The van der Waals surface area contributed by atoms with Gasteiger partial charge in [0, 0.05) is 0 Å². The second-order valence-electron chi connectivity index (χ2n) is 14.0. The van der Waals surface area contributed by atoms with Crippen LogP contribution >= 0.6 is 0 Å². The van der Waals surface area contributed by atoms with Gasteiger partial charge in [-0.15, -0.1) is 10.3 Å². The van der Waals surface area contributed by atoms with Gasteiger partial charge in [0.05, 0.1) is 37.9 Å². The average Bonchev–Trinajstić information content (AvgIpc) is 3.60. The Morgan fingerprint density at radius 3 is 1.52 bits per heavy atom. The standard InChI is InChI=1S/C40H61N3O3/c1-5-6-7-8-9-10-11-12-13-14-15-17-32-45-37-23-19-35(20-24-37)39(2)27-28-40(3,43(39)44)36-21-25-38(26-22-36)46-33-18-16-29-42-31-30-41(4)34-42/h19-26,30-31,34H,5-18,27-29,32-33H2,1-4H3/q+1/t39-,40-/m0/s1. The monoisotopic (exact) mass is 631 g/mol. The molecule has 2 aromatic carbocycles. The Balaban J connectivity index is 1.14. The summed E-state index contributed by atoms with van der Waals surface area (Å²) in [4.78, 5) is 0. The number of hydroxylamine groups is 2. The molecule has 2 heterocycles. The minimum atomic E-state index is -0.579. The number of unbranched alkanes of at least 4 members (excludes halogenated alkanes) is 12. The van der Waals surface area contributed by atoms with Crippen molar-refractivity contribution < 1.29 is 19.2 Å². The van der Waals surface area contributed by atoms with Gasteiger partial charge < -0.3 is 9.47 Å². The lowest BCUT2D eigenvalue weighted by molar-refractivity contribution is -0.671. The molecule has 6 nitrogen and oxygen atoms in total. The molecule has 0 amide bonds. The molecule has 4 rings (SSSR count). The van der Waals surface area contributed by atoms with Crippen LogP contribution in [0.4, 0.5) is 0 Å². The van der Waals surface area contributed by atoms with Crippen LogP contribution in [0.5, 0.6) is 11.5 Å². The predicted molar refractivity (Wildman–Crippen MR) is 186 cm³/mol. The van der Waals surface area contributed by atoms with E-state index in [2.05, 4.69) is 72.9 Å². The first-order valence-corrected chi connectivity index (χ1v) is 18.3. The summed E-state index contributed by atoms with van der Waals surface area (Å²) >= 11 is 0. The maximum Gasteiger partial charge on any atom is 0.243 e. The fourth-order valence-corrected chi connectivity index (χ4v) is 6.93. The van der Waals surface area contributed by atoms with Gasteiger partial charge in [0.2, 0.25) is 6.33 Å². The van der Waals surface area contributed by atoms with E-state index >= 15 is 0 Å². The fraction of sp³-hybridized carbons (Fsp3) is 0.625. The zero-order chi connectivity index (χ0) is 32.7. The number of benzene rings is 2. The predicted octanol–water partition coefficient (Wildman–Crippen LogP) is 9.82. The van der Waals surface area contributed by atoms with Crippen LogP contribution in [0, 0.1) is 0 Å². The van der Waals surface area contributed by atoms with Gasteiger partial charge >= 0.3 is 0 Å². The van der Waals surface area contributed by atoms with Crippen LogP contribution in [-0.4, -0.2) is 22.8 Å². The third-order valence-corrected chi connectivity index (χ3v) is 10.1. The molecule has 46 heavy (non-hydrogen) atoms. The van der Waals surface area contributed by atoms with Crippen LogP contribution in [0.1, 0.15) is 135 Å². The van der Waals surface area contributed by atoms with E-state index < -0.39 is 11.1 Å². The molecule has 3 aromatic rings. The molecule has 1 aliphatic heterocycles. The Labute approximate surface area is 279 Å². The lowest BCUT2D eigenvalue weighted by atomic mass is 9.89. The lowest BCUT2D eigenvalue weighted by Crippen LogP contribution is -2.44. The third-order valence-electron chi connectivity index (χ3n) is 10.1. The zero-order valence-electron chi connectivity index (χ0n) is 29.4. The van der Waals surface area contributed by atoms with E-state index in [0.29, 0.717) is 6.61 Å². The molecule has 6 heteroatoms. The number of hydrogen-bond acceptors (Lipinski definition) is 3. The number of ether oxygens (including phenoxy) is 2. The van der Waals surface area contributed by atoms with Crippen LogP contribution in [0.15, 0.2) is 67.3 Å². The van der Waals surface area contributed by atoms with Crippen molar-refractivity contribution in [1.29, 1.82) is 0 Å². The van der Waals surface area contributed by atoms with E-state index in [9.17, 15) is 5.21 Å². The molecule has 0 spiro atoms. The minimum absolute atomic E-state index is 0.575. The fourth-order valence-electron chi connectivity index (χ4n) is 6.93. The zero-order valence-corrected chi connectivity index (χ0v) is 29.4. The second kappa shape index (κ2) is 18.5. The lowest BCUT2D eigenvalue weighted by Gasteiger charge is -2.37. The summed E-state index contributed by atoms with van der Waals surface area (Å²) in [5.41, 5.74) is 0.942. The summed E-state index contributed by atoms with van der Waals surface area (Å²) in [5, 5.41) is 15.3. The Bertz CT molecular complexity index is 1260. The van der Waals surface area contributed by atoms with Crippen LogP contribution in [-0.2, 0) is 29.9 Å². The molecule has 0 unspecified atom stereocenters. The average molecular weight is 632 g/mol. The first-order valence-electron chi connectivity index (χ1n) is 18.3. The maximum absolute atomic E-state index is 13.9. The van der Waals surface area contributed by atoms with Gasteiger partial charge in [-0.3, -0.25) is 0 Å². The molecule has 0 saturated carbocycles. The highest BCUT2D eigenvalue weighted by atomic mass is 16.5. The van der Waals surface area contributed by atoms with Crippen molar-refractivity contribution in [2.24, 2.45) is 7.05 Å². The molecule has 0 N–H and O–H groups in total. The summed E-state index contributed by atoms with van der Waals surface area (Å²) in [5.74, 6) is 1.75. The highest BCUT2D eigenvalue weighted by molar-refractivity contribution is 5.37. The van der Waals surface area contributed by atoms with Crippen molar-refractivity contribution in [3.8, 4) is 11.5 Å². The topological polar surface area (TPSA) is 50.4 Å². The van der Waals surface area contributed by atoms with Gasteiger partial charge in [-0.2, -0.15) is 0 Å². The van der Waals surface area contributed by atoms with Crippen LogP contribution in [0.2, 0.25) is 0 Å². The number of rotatable bonds is 22. The molecule has 1 aliphatic rings. The van der Waals surface area contributed by atoms with Crippen molar-refractivity contribution in [2.45, 2.75) is 141 Å². The molecule has 1 aromatic heterocycles. The van der Waals surface area contributed by atoms with Crippen molar-refractivity contribution in [1.82, 2.24) is 9.63 Å². The molecular formula is C40H61N3O3+. The summed E-state index contributed by atoms with van der Waals surface area (Å²) in [7, 11) is 2.04. The highest BCUT2D eigenvalue weighted by Gasteiger charge is 2.52. The summed E-state index contributed by atoms with van der Waals surface area (Å²) in [6.45, 7) is 8.88. The molecule has 1 radical (unpaired) electrons. The molecule has 1 saturated heterocycles. The normalized spacial score (nSPS) is 19.9. The van der Waals surface area contributed by atoms with Crippen molar-refractivity contribution >= 4 is 0 Å². The number of hydrogen-bond donors (Lipinski definition) is 0.